The molecule has 0 aromatic heterocycles. The van der Waals surface area contributed by atoms with Crippen molar-refractivity contribution in [1.29, 1.82) is 0 Å². The number of hydrogen-bond donors (Lipinski definition) is 1. The monoisotopic (exact) mass is 489 g/mol. The van der Waals surface area contributed by atoms with E-state index in [-0.39, 0.29) is 11.8 Å². The Morgan fingerprint density at radius 2 is 1.71 bits per heavy atom. The van der Waals surface area contributed by atoms with Gasteiger partial charge in [0.05, 0.1) is 10.6 Å². The standard InChI is InChI=1S/C27H24ClN3O2S/c28-22-9-5-4-8-20(22)17-25-26(32)29-23-16-21(10-11-24(23)34-25)27(33)31-14-12-30(13-15-31)18-19-6-2-1-3-7-19/h1-11,16-17H,12-15,18H2,(H,29,32)/b25-17+. The lowest BCUT2D eigenvalue weighted by Gasteiger charge is -2.35. The molecule has 2 heterocycles. The first-order chi connectivity index (χ1) is 16.6. The van der Waals surface area contributed by atoms with E-state index in [1.54, 1.807) is 18.2 Å². The van der Waals surface area contributed by atoms with Crippen LogP contribution in [-0.2, 0) is 11.3 Å². The summed E-state index contributed by atoms with van der Waals surface area (Å²) in [5.74, 6) is -0.199. The van der Waals surface area contributed by atoms with E-state index in [0.717, 1.165) is 30.1 Å². The maximum atomic E-state index is 13.1. The molecule has 2 amide bonds. The number of piperazine rings is 1. The molecule has 1 N–H and O–H groups in total. The highest BCUT2D eigenvalue weighted by molar-refractivity contribution is 8.04. The van der Waals surface area contributed by atoms with Crippen LogP contribution in [0.5, 0.6) is 0 Å². The maximum Gasteiger partial charge on any atom is 0.262 e. The Morgan fingerprint density at radius 3 is 2.47 bits per heavy atom. The molecule has 3 aromatic carbocycles. The number of nitrogens with zero attached hydrogens (tertiary/aromatic N) is 2. The van der Waals surface area contributed by atoms with Gasteiger partial charge in [-0.15, -0.1) is 0 Å². The highest BCUT2D eigenvalue weighted by atomic mass is 35.5. The first kappa shape index (κ1) is 22.7. The zero-order valence-corrected chi connectivity index (χ0v) is 20.1. The van der Waals surface area contributed by atoms with E-state index >= 15 is 0 Å². The first-order valence-corrected chi connectivity index (χ1v) is 12.4. The van der Waals surface area contributed by atoms with Gasteiger partial charge < -0.3 is 10.2 Å². The van der Waals surface area contributed by atoms with Gasteiger partial charge in [0.25, 0.3) is 11.8 Å². The molecular weight excluding hydrogens is 466 g/mol. The van der Waals surface area contributed by atoms with E-state index in [1.807, 2.05) is 41.3 Å². The van der Waals surface area contributed by atoms with Crippen LogP contribution in [0, 0.1) is 0 Å². The van der Waals surface area contributed by atoms with E-state index in [2.05, 4.69) is 34.5 Å². The number of benzene rings is 3. The van der Waals surface area contributed by atoms with Crippen molar-refractivity contribution in [2.75, 3.05) is 31.5 Å². The summed E-state index contributed by atoms with van der Waals surface area (Å²) in [7, 11) is 0. The average Bonchev–Trinajstić information content (AvgIpc) is 2.86. The summed E-state index contributed by atoms with van der Waals surface area (Å²) in [6.45, 7) is 3.96. The van der Waals surface area contributed by atoms with Crippen molar-refractivity contribution in [3.63, 3.8) is 0 Å². The van der Waals surface area contributed by atoms with Crippen molar-refractivity contribution >= 4 is 46.9 Å². The number of halogens is 1. The minimum atomic E-state index is -0.198. The first-order valence-electron chi connectivity index (χ1n) is 11.2. The van der Waals surface area contributed by atoms with Gasteiger partial charge in [0, 0.05) is 48.2 Å². The van der Waals surface area contributed by atoms with Gasteiger partial charge in [-0.25, -0.2) is 0 Å². The highest BCUT2D eigenvalue weighted by Crippen LogP contribution is 2.40. The van der Waals surface area contributed by atoms with Gasteiger partial charge in [0.2, 0.25) is 0 Å². The number of thioether (sulfide) groups is 1. The van der Waals surface area contributed by atoms with Crippen LogP contribution >= 0.6 is 23.4 Å². The molecule has 0 aliphatic carbocycles. The van der Waals surface area contributed by atoms with Gasteiger partial charge in [-0.3, -0.25) is 14.5 Å². The number of amides is 2. The molecule has 0 radical (unpaired) electrons. The van der Waals surface area contributed by atoms with Gasteiger partial charge in [-0.1, -0.05) is 71.9 Å². The molecule has 7 heteroatoms. The number of carbonyl (C=O) groups excluding carboxylic acids is 2. The molecule has 172 valence electrons. The summed E-state index contributed by atoms with van der Waals surface area (Å²) in [5, 5.41) is 3.53. The number of hydrogen-bond acceptors (Lipinski definition) is 4. The fraction of sp³-hybridized carbons (Fsp3) is 0.185. The second-order valence-electron chi connectivity index (χ2n) is 8.35. The minimum Gasteiger partial charge on any atom is -0.336 e. The number of nitrogens with one attached hydrogen (secondary N) is 1. The SMILES string of the molecule is O=C1Nc2cc(C(=O)N3CCN(Cc4ccccc4)CC3)ccc2S/C1=C/c1ccccc1Cl. The van der Waals surface area contributed by atoms with Gasteiger partial charge >= 0.3 is 0 Å². The number of carbonyl (C=O) groups is 2. The molecule has 5 rings (SSSR count). The molecule has 0 saturated carbocycles. The molecule has 1 fully saturated rings. The Labute approximate surface area is 208 Å². The minimum absolute atomic E-state index is 0.00110. The zero-order valence-electron chi connectivity index (χ0n) is 18.5. The van der Waals surface area contributed by atoms with Crippen molar-refractivity contribution in [2.45, 2.75) is 11.4 Å². The molecule has 0 spiro atoms. The average molecular weight is 490 g/mol. The Kier molecular flexibility index (Phi) is 6.72. The lowest BCUT2D eigenvalue weighted by atomic mass is 10.1. The van der Waals surface area contributed by atoms with Crippen molar-refractivity contribution in [2.24, 2.45) is 0 Å². The second kappa shape index (κ2) is 10.1. The predicted octanol–water partition coefficient (Wildman–Crippen LogP) is 5.38. The molecule has 0 unspecified atom stereocenters. The van der Waals surface area contributed by atoms with Gasteiger partial charge in [-0.05, 0) is 41.5 Å². The van der Waals surface area contributed by atoms with E-state index in [9.17, 15) is 9.59 Å². The van der Waals surface area contributed by atoms with Gasteiger partial charge in [0.15, 0.2) is 0 Å². The molecular formula is C27H24ClN3O2S. The normalized spacial score (nSPS) is 17.4. The quantitative estimate of drug-likeness (QED) is 0.500. The lowest BCUT2D eigenvalue weighted by molar-refractivity contribution is -0.112. The number of rotatable bonds is 4. The Balaban J connectivity index is 1.25. The van der Waals surface area contributed by atoms with E-state index in [1.165, 1.54) is 17.3 Å². The summed E-state index contributed by atoms with van der Waals surface area (Å²) in [4.78, 5) is 31.6. The maximum absolute atomic E-state index is 13.1. The number of anilines is 1. The highest BCUT2D eigenvalue weighted by Gasteiger charge is 2.26. The summed E-state index contributed by atoms with van der Waals surface area (Å²) < 4.78 is 0. The van der Waals surface area contributed by atoms with Crippen LogP contribution in [0.15, 0.2) is 82.6 Å². The Bertz CT molecular complexity index is 1250. The van der Waals surface area contributed by atoms with Crippen molar-refractivity contribution < 1.29 is 9.59 Å². The van der Waals surface area contributed by atoms with E-state index < -0.39 is 0 Å². The molecule has 3 aromatic rings. The smallest absolute Gasteiger partial charge is 0.262 e. The summed E-state index contributed by atoms with van der Waals surface area (Å²) in [6.07, 6.45) is 1.79. The molecule has 5 nitrogen and oxygen atoms in total. The Morgan fingerprint density at radius 1 is 0.971 bits per heavy atom. The van der Waals surface area contributed by atoms with Crippen molar-refractivity contribution in [1.82, 2.24) is 9.80 Å². The molecule has 1 saturated heterocycles. The molecule has 34 heavy (non-hydrogen) atoms. The van der Waals surface area contributed by atoms with Crippen LogP contribution < -0.4 is 5.32 Å². The molecule has 2 aliphatic rings. The van der Waals surface area contributed by atoms with Crippen LogP contribution in [0.1, 0.15) is 21.5 Å². The van der Waals surface area contributed by atoms with Crippen LogP contribution in [0.2, 0.25) is 5.02 Å². The van der Waals surface area contributed by atoms with Crippen LogP contribution in [0.4, 0.5) is 5.69 Å². The molecule has 0 atom stereocenters. The summed E-state index contributed by atoms with van der Waals surface area (Å²) in [6, 6.07) is 23.3. The third-order valence-corrected chi connectivity index (χ3v) is 7.46. The fourth-order valence-corrected chi connectivity index (χ4v) is 5.27. The zero-order chi connectivity index (χ0) is 23.5. The van der Waals surface area contributed by atoms with Gasteiger partial charge in [0.1, 0.15) is 0 Å². The fourth-order valence-electron chi connectivity index (χ4n) is 4.16. The largest absolute Gasteiger partial charge is 0.336 e. The third-order valence-electron chi connectivity index (χ3n) is 6.02. The lowest BCUT2D eigenvalue weighted by Crippen LogP contribution is -2.48. The summed E-state index contributed by atoms with van der Waals surface area (Å²) in [5.41, 5.74) is 3.34. The predicted molar refractivity (Wildman–Crippen MR) is 138 cm³/mol. The van der Waals surface area contributed by atoms with Gasteiger partial charge in [-0.2, -0.15) is 0 Å². The Hall–Kier alpha value is -3.06. The van der Waals surface area contributed by atoms with Crippen LogP contribution in [-0.4, -0.2) is 47.8 Å². The van der Waals surface area contributed by atoms with E-state index in [4.69, 9.17) is 11.6 Å². The number of fused-ring (bicyclic) bond motifs is 1. The van der Waals surface area contributed by atoms with Crippen molar-refractivity contribution in [3.8, 4) is 0 Å². The van der Waals surface area contributed by atoms with Crippen LogP contribution in [0.3, 0.4) is 0 Å². The van der Waals surface area contributed by atoms with Crippen LogP contribution in [0.25, 0.3) is 6.08 Å². The van der Waals surface area contributed by atoms with E-state index in [0.29, 0.717) is 34.3 Å². The molecule has 2 aliphatic heterocycles. The second-order valence-corrected chi connectivity index (χ2v) is 9.84. The third kappa shape index (κ3) is 5.04. The molecule has 0 bridgehead atoms. The topological polar surface area (TPSA) is 52.7 Å². The van der Waals surface area contributed by atoms with Crippen molar-refractivity contribution in [3.05, 3.63) is 99.4 Å². The summed E-state index contributed by atoms with van der Waals surface area (Å²) >= 11 is 7.62.